The quantitative estimate of drug-likeness (QED) is 0.737. The lowest BCUT2D eigenvalue weighted by Gasteiger charge is -2.35. The van der Waals surface area contributed by atoms with Gasteiger partial charge in [-0.25, -0.2) is 0 Å². The summed E-state index contributed by atoms with van der Waals surface area (Å²) in [6.07, 6.45) is 3.07. The Morgan fingerprint density at radius 3 is 2.82 bits per heavy atom. The zero-order valence-electron chi connectivity index (χ0n) is 9.06. The number of fused-ring (bicyclic) bond motifs is 8. The summed E-state index contributed by atoms with van der Waals surface area (Å²) in [7, 11) is 0. The average Bonchev–Trinajstić information content (AvgIpc) is 2.96. The number of furan rings is 1. The van der Waals surface area contributed by atoms with Crippen LogP contribution < -0.4 is 0 Å². The first-order valence-corrected chi connectivity index (χ1v) is 6.11. The topological polar surface area (TPSA) is 59.5 Å². The maximum Gasteiger partial charge on any atom is 0.151 e. The molecular weight excluding hydrogens is 218 g/mol. The van der Waals surface area contributed by atoms with Gasteiger partial charge in [0.25, 0.3) is 0 Å². The Bertz CT molecular complexity index is 536. The van der Waals surface area contributed by atoms with Crippen molar-refractivity contribution in [2.24, 2.45) is 33.1 Å². The molecule has 2 saturated carbocycles. The van der Waals surface area contributed by atoms with E-state index in [1.165, 1.54) is 6.42 Å². The lowest BCUT2D eigenvalue weighted by Crippen LogP contribution is -2.47. The van der Waals surface area contributed by atoms with Crippen molar-refractivity contribution in [3.63, 3.8) is 0 Å². The number of rotatable bonds is 1. The highest BCUT2D eigenvalue weighted by Gasteiger charge is 2.66. The van der Waals surface area contributed by atoms with Gasteiger partial charge in [0.2, 0.25) is 0 Å². The molecule has 0 saturated heterocycles. The molecule has 5 heteroatoms. The molecule has 1 aromatic heterocycles. The third-order valence-corrected chi connectivity index (χ3v) is 4.70. The molecular formula is C12H11N3O2. The number of hydrogen-bond acceptors (Lipinski definition) is 5. The third kappa shape index (κ3) is 0.830. The second kappa shape index (κ2) is 2.60. The van der Waals surface area contributed by atoms with Crippen molar-refractivity contribution >= 4 is 5.71 Å². The third-order valence-electron chi connectivity index (χ3n) is 4.70. The smallest absolute Gasteiger partial charge is 0.151 e. The minimum absolute atomic E-state index is 0.209. The highest BCUT2D eigenvalue weighted by atomic mass is 16.6. The van der Waals surface area contributed by atoms with Crippen molar-refractivity contribution < 1.29 is 9.25 Å². The van der Waals surface area contributed by atoms with Gasteiger partial charge in [0.05, 0.1) is 18.2 Å². The van der Waals surface area contributed by atoms with E-state index in [0.717, 1.165) is 11.5 Å². The van der Waals surface area contributed by atoms with E-state index in [9.17, 15) is 0 Å². The minimum Gasteiger partial charge on any atom is -0.463 e. The maximum absolute atomic E-state index is 5.63. The van der Waals surface area contributed by atoms with E-state index in [1.807, 2.05) is 12.1 Å². The van der Waals surface area contributed by atoms with E-state index >= 15 is 0 Å². The first kappa shape index (κ1) is 8.44. The number of azo groups is 1. The maximum atomic E-state index is 5.63. The number of hydrogen-bond donors (Lipinski definition) is 0. The van der Waals surface area contributed by atoms with E-state index in [-0.39, 0.29) is 6.10 Å². The van der Waals surface area contributed by atoms with Crippen LogP contribution in [0.1, 0.15) is 12.2 Å². The molecule has 0 aromatic carbocycles. The summed E-state index contributed by atoms with van der Waals surface area (Å²) in [5.41, 5.74) is 0.980. The van der Waals surface area contributed by atoms with E-state index in [1.54, 1.807) is 6.26 Å². The van der Waals surface area contributed by atoms with Crippen LogP contribution in [0.3, 0.4) is 0 Å². The van der Waals surface area contributed by atoms with Gasteiger partial charge in [0.1, 0.15) is 17.9 Å². The van der Waals surface area contributed by atoms with E-state index in [4.69, 9.17) is 9.25 Å². The fourth-order valence-electron chi connectivity index (χ4n) is 4.00. The van der Waals surface area contributed by atoms with Gasteiger partial charge in [-0.2, -0.15) is 10.2 Å². The van der Waals surface area contributed by atoms with Crippen molar-refractivity contribution in [1.29, 1.82) is 0 Å². The van der Waals surface area contributed by atoms with Crippen molar-refractivity contribution in [2.45, 2.75) is 24.6 Å². The summed E-state index contributed by atoms with van der Waals surface area (Å²) in [6, 6.07) is 4.68. The average molecular weight is 229 g/mol. The van der Waals surface area contributed by atoms with Crippen molar-refractivity contribution in [2.75, 3.05) is 0 Å². The molecule has 2 aliphatic carbocycles. The van der Waals surface area contributed by atoms with Crippen LogP contribution in [0, 0.1) is 17.8 Å². The molecule has 5 rings (SSSR count). The Balaban J connectivity index is 1.58. The number of nitrogens with zero attached hydrogens (tertiary/aromatic N) is 3. The Kier molecular flexibility index (Phi) is 1.29. The van der Waals surface area contributed by atoms with E-state index < -0.39 is 0 Å². The highest BCUT2D eigenvalue weighted by Crippen LogP contribution is 2.58. The molecule has 2 bridgehead atoms. The predicted molar refractivity (Wildman–Crippen MR) is 57.6 cm³/mol. The monoisotopic (exact) mass is 229 g/mol. The summed E-state index contributed by atoms with van der Waals surface area (Å²) in [5.74, 6) is 2.28. The molecule has 17 heavy (non-hydrogen) atoms. The Hall–Kier alpha value is -1.65. The standard InChI is InChI=1S/C12H11N3O2/c1-2-7(16-3-1)11-8-5-4-6(12(8)17-15-11)10-9(5)13-14-10/h1-3,5-6,8-10,12H,4H2/t5-,6-,8?,9-,10+,12?/m0/s1. The molecule has 2 fully saturated rings. The lowest BCUT2D eigenvalue weighted by atomic mass is 9.77. The first-order chi connectivity index (χ1) is 8.43. The van der Waals surface area contributed by atoms with Crippen molar-refractivity contribution in [1.82, 2.24) is 0 Å². The molecule has 5 nitrogen and oxygen atoms in total. The highest BCUT2D eigenvalue weighted by molar-refractivity contribution is 6.01. The van der Waals surface area contributed by atoms with Crippen LogP contribution in [0.2, 0.25) is 0 Å². The Labute approximate surface area is 97.5 Å². The molecule has 4 aliphatic rings. The van der Waals surface area contributed by atoms with Crippen LogP contribution in [0.25, 0.3) is 0 Å². The van der Waals surface area contributed by atoms with E-state index in [0.29, 0.717) is 29.8 Å². The zero-order valence-corrected chi connectivity index (χ0v) is 9.06. The largest absolute Gasteiger partial charge is 0.463 e. The Morgan fingerprint density at radius 2 is 2.06 bits per heavy atom. The fraction of sp³-hybridized carbons (Fsp3) is 0.583. The SMILES string of the molecule is c1coc(C2=NOC3C2[C@@H]2C[C@H]3[C@H]3N=N[C@H]32)c1. The summed E-state index contributed by atoms with van der Waals surface area (Å²) in [5, 5.41) is 12.7. The summed E-state index contributed by atoms with van der Waals surface area (Å²) >= 11 is 0. The molecule has 6 atom stereocenters. The molecule has 0 N–H and O–H groups in total. The minimum atomic E-state index is 0.209. The van der Waals surface area contributed by atoms with Gasteiger partial charge in [-0.05, 0) is 24.5 Å². The predicted octanol–water partition coefficient (Wildman–Crippen LogP) is 1.85. The molecule has 1 aromatic rings. The van der Waals surface area contributed by atoms with Gasteiger partial charge in [-0.1, -0.05) is 5.16 Å². The summed E-state index contributed by atoms with van der Waals surface area (Å²) in [6.45, 7) is 0. The van der Waals surface area contributed by atoms with Crippen LogP contribution in [0.4, 0.5) is 0 Å². The molecule has 2 unspecified atom stereocenters. The Morgan fingerprint density at radius 1 is 1.18 bits per heavy atom. The van der Waals surface area contributed by atoms with Gasteiger partial charge >= 0.3 is 0 Å². The van der Waals surface area contributed by atoms with Gasteiger partial charge in [-0.3, -0.25) is 0 Å². The lowest BCUT2D eigenvalue weighted by molar-refractivity contribution is 0.00784. The van der Waals surface area contributed by atoms with Crippen LogP contribution in [0.15, 0.2) is 38.2 Å². The number of oxime groups is 1. The van der Waals surface area contributed by atoms with Crippen LogP contribution in [-0.2, 0) is 4.84 Å². The molecule has 0 amide bonds. The first-order valence-electron chi connectivity index (χ1n) is 6.11. The summed E-state index contributed by atoms with van der Waals surface area (Å²) in [4.78, 5) is 5.63. The summed E-state index contributed by atoms with van der Waals surface area (Å²) < 4.78 is 5.45. The van der Waals surface area contributed by atoms with Gasteiger partial charge in [-0.15, -0.1) is 0 Å². The molecule has 86 valence electrons. The van der Waals surface area contributed by atoms with Crippen LogP contribution in [-0.4, -0.2) is 23.9 Å². The normalized spacial score (nSPS) is 48.4. The van der Waals surface area contributed by atoms with Crippen molar-refractivity contribution in [3.8, 4) is 0 Å². The van der Waals surface area contributed by atoms with E-state index in [2.05, 4.69) is 15.4 Å². The molecule has 0 spiro atoms. The van der Waals surface area contributed by atoms with Gasteiger partial charge in [0.15, 0.2) is 5.76 Å². The van der Waals surface area contributed by atoms with Crippen LogP contribution in [0.5, 0.6) is 0 Å². The molecule has 3 heterocycles. The molecule has 2 aliphatic heterocycles. The zero-order chi connectivity index (χ0) is 11.0. The van der Waals surface area contributed by atoms with Crippen molar-refractivity contribution in [3.05, 3.63) is 24.2 Å². The van der Waals surface area contributed by atoms with Crippen LogP contribution >= 0.6 is 0 Å². The molecule has 0 radical (unpaired) electrons. The van der Waals surface area contributed by atoms with Gasteiger partial charge in [0, 0.05) is 5.92 Å². The fourth-order valence-corrected chi connectivity index (χ4v) is 4.00. The van der Waals surface area contributed by atoms with Gasteiger partial charge < -0.3 is 9.25 Å². The second-order valence-corrected chi connectivity index (χ2v) is 5.33. The second-order valence-electron chi connectivity index (χ2n) is 5.33.